The zero-order chi connectivity index (χ0) is 15.8. The van der Waals surface area contributed by atoms with Crippen LogP contribution in [-0.2, 0) is 11.3 Å². The first-order valence-corrected chi connectivity index (χ1v) is 7.74. The van der Waals surface area contributed by atoms with Crippen molar-refractivity contribution in [2.24, 2.45) is 0 Å². The van der Waals surface area contributed by atoms with Gasteiger partial charge in [-0.2, -0.15) is 0 Å². The number of carbonyl (C=O) groups excluding carboxylic acids is 1. The normalized spacial score (nSPS) is 15.2. The van der Waals surface area contributed by atoms with Crippen molar-refractivity contribution < 1.29 is 4.79 Å². The summed E-state index contributed by atoms with van der Waals surface area (Å²) in [6.07, 6.45) is 3.03. The van der Waals surface area contributed by atoms with Crippen LogP contribution in [0.2, 0.25) is 0 Å². The standard InChI is InChI=1S/C11H18N2.C6H11NO/c1-9(2)11-7-5-6-10(12-11)8-13(3)4;1-7-5-3-2-4-6(7)8/h5-7,9H,8H2,1-4H3;2-5H2,1H3. The van der Waals surface area contributed by atoms with E-state index < -0.39 is 0 Å². The molecule has 1 aromatic heterocycles. The van der Waals surface area contributed by atoms with Crippen LogP contribution in [0.25, 0.3) is 0 Å². The van der Waals surface area contributed by atoms with Crippen molar-refractivity contribution in [3.8, 4) is 0 Å². The predicted molar refractivity (Wildman–Crippen MR) is 87.2 cm³/mol. The van der Waals surface area contributed by atoms with Gasteiger partial charge in [0.25, 0.3) is 0 Å². The topological polar surface area (TPSA) is 36.4 Å². The number of nitrogens with zero attached hydrogens (tertiary/aromatic N) is 3. The molecule has 0 radical (unpaired) electrons. The zero-order valence-corrected chi connectivity index (χ0v) is 14.1. The van der Waals surface area contributed by atoms with Crippen LogP contribution in [-0.4, -0.2) is 48.4 Å². The molecule has 1 fully saturated rings. The fraction of sp³-hybridized carbons (Fsp3) is 0.647. The van der Waals surface area contributed by atoms with Crippen LogP contribution < -0.4 is 0 Å². The van der Waals surface area contributed by atoms with Crippen molar-refractivity contribution in [3.05, 3.63) is 29.6 Å². The van der Waals surface area contributed by atoms with E-state index in [-0.39, 0.29) is 0 Å². The van der Waals surface area contributed by atoms with Crippen LogP contribution in [0.1, 0.15) is 50.4 Å². The number of rotatable bonds is 3. The number of carbonyl (C=O) groups is 1. The Morgan fingerprint density at radius 2 is 2.00 bits per heavy atom. The summed E-state index contributed by atoms with van der Waals surface area (Å²) in [5, 5.41) is 0. The Hall–Kier alpha value is -1.42. The maximum atomic E-state index is 10.7. The van der Waals surface area contributed by atoms with Gasteiger partial charge in [0.05, 0.1) is 5.69 Å². The van der Waals surface area contributed by atoms with Gasteiger partial charge in [0.1, 0.15) is 0 Å². The van der Waals surface area contributed by atoms with Crippen LogP contribution in [0.5, 0.6) is 0 Å². The van der Waals surface area contributed by atoms with E-state index in [1.807, 2.05) is 7.05 Å². The molecule has 0 saturated carbocycles. The molecular formula is C17H29N3O. The molecule has 1 aliphatic rings. The quantitative estimate of drug-likeness (QED) is 0.859. The largest absolute Gasteiger partial charge is 0.346 e. The third kappa shape index (κ3) is 6.71. The summed E-state index contributed by atoms with van der Waals surface area (Å²) in [5.41, 5.74) is 2.33. The first-order valence-electron chi connectivity index (χ1n) is 7.74. The SMILES string of the molecule is CC(C)c1cccc(CN(C)C)n1.CN1CCCCC1=O. The van der Waals surface area contributed by atoms with Crippen LogP contribution in [0, 0.1) is 0 Å². The molecule has 0 N–H and O–H groups in total. The van der Waals surface area contributed by atoms with Gasteiger partial charge < -0.3 is 9.80 Å². The maximum Gasteiger partial charge on any atom is 0.222 e. The Morgan fingerprint density at radius 1 is 1.29 bits per heavy atom. The van der Waals surface area contributed by atoms with Crippen molar-refractivity contribution >= 4 is 5.91 Å². The van der Waals surface area contributed by atoms with Gasteiger partial charge in [-0.15, -0.1) is 0 Å². The van der Waals surface area contributed by atoms with E-state index in [0.717, 1.165) is 31.6 Å². The fourth-order valence-corrected chi connectivity index (χ4v) is 2.17. The summed E-state index contributed by atoms with van der Waals surface area (Å²) in [6, 6.07) is 6.25. The first-order chi connectivity index (χ1) is 9.90. The van der Waals surface area contributed by atoms with E-state index in [2.05, 4.69) is 56.0 Å². The molecule has 0 spiro atoms. The van der Waals surface area contributed by atoms with Gasteiger partial charge in [-0.1, -0.05) is 19.9 Å². The summed E-state index contributed by atoms with van der Waals surface area (Å²) >= 11 is 0. The molecule has 2 rings (SSSR count). The Bertz CT molecular complexity index is 443. The summed E-state index contributed by atoms with van der Waals surface area (Å²) < 4.78 is 0. The van der Waals surface area contributed by atoms with Crippen LogP contribution in [0.3, 0.4) is 0 Å². The van der Waals surface area contributed by atoms with E-state index in [9.17, 15) is 4.79 Å². The first kappa shape index (κ1) is 17.6. The molecular weight excluding hydrogens is 262 g/mol. The molecule has 4 heteroatoms. The summed E-state index contributed by atoms with van der Waals surface area (Å²) in [7, 11) is 5.98. The Labute approximate surface area is 129 Å². The molecule has 0 aliphatic carbocycles. The second kappa shape index (κ2) is 8.78. The fourth-order valence-electron chi connectivity index (χ4n) is 2.17. The monoisotopic (exact) mass is 291 g/mol. The molecule has 21 heavy (non-hydrogen) atoms. The number of likely N-dealkylation sites (tertiary alicyclic amines) is 1. The van der Waals surface area contributed by atoms with Crippen LogP contribution in [0.15, 0.2) is 18.2 Å². The molecule has 0 aromatic carbocycles. The van der Waals surface area contributed by atoms with Gasteiger partial charge in [0.2, 0.25) is 5.91 Å². The highest BCUT2D eigenvalue weighted by Gasteiger charge is 2.12. The molecule has 4 nitrogen and oxygen atoms in total. The molecule has 1 aromatic rings. The van der Waals surface area contributed by atoms with Gasteiger partial charge in [-0.05, 0) is 45.0 Å². The number of amides is 1. The van der Waals surface area contributed by atoms with Crippen molar-refractivity contribution in [1.29, 1.82) is 0 Å². The lowest BCUT2D eigenvalue weighted by molar-refractivity contribution is -0.131. The Balaban J connectivity index is 0.000000235. The lowest BCUT2D eigenvalue weighted by Crippen LogP contribution is -2.31. The number of aromatic nitrogens is 1. The second-order valence-electron chi connectivity index (χ2n) is 6.22. The average Bonchev–Trinajstić information content (AvgIpc) is 2.42. The van der Waals surface area contributed by atoms with E-state index in [1.54, 1.807) is 4.90 Å². The van der Waals surface area contributed by atoms with Crippen molar-refractivity contribution in [2.75, 3.05) is 27.7 Å². The van der Waals surface area contributed by atoms with Crippen molar-refractivity contribution in [2.45, 2.75) is 45.6 Å². The minimum absolute atomic E-state index is 0.302. The maximum absolute atomic E-state index is 10.7. The number of hydrogen-bond acceptors (Lipinski definition) is 3. The van der Waals surface area contributed by atoms with E-state index >= 15 is 0 Å². The van der Waals surface area contributed by atoms with Gasteiger partial charge in [0.15, 0.2) is 0 Å². The van der Waals surface area contributed by atoms with Gasteiger partial charge in [-0.3, -0.25) is 9.78 Å². The lowest BCUT2D eigenvalue weighted by Gasteiger charge is -2.21. The molecule has 118 valence electrons. The molecule has 0 bridgehead atoms. The third-order valence-electron chi connectivity index (χ3n) is 3.46. The Kier molecular flexibility index (Phi) is 7.37. The van der Waals surface area contributed by atoms with Crippen LogP contribution >= 0.6 is 0 Å². The molecule has 1 aliphatic heterocycles. The van der Waals surface area contributed by atoms with E-state index in [4.69, 9.17) is 0 Å². The summed E-state index contributed by atoms with van der Waals surface area (Å²) in [6.45, 7) is 6.21. The zero-order valence-electron chi connectivity index (χ0n) is 14.1. The molecule has 0 unspecified atom stereocenters. The number of hydrogen-bond donors (Lipinski definition) is 0. The highest BCUT2D eigenvalue weighted by Crippen LogP contribution is 2.11. The third-order valence-corrected chi connectivity index (χ3v) is 3.46. The van der Waals surface area contributed by atoms with Crippen molar-refractivity contribution in [3.63, 3.8) is 0 Å². The summed E-state index contributed by atoms with van der Waals surface area (Å²) in [5.74, 6) is 0.818. The summed E-state index contributed by atoms with van der Waals surface area (Å²) in [4.78, 5) is 19.2. The molecule has 1 saturated heterocycles. The highest BCUT2D eigenvalue weighted by atomic mass is 16.2. The van der Waals surface area contributed by atoms with Gasteiger partial charge in [-0.25, -0.2) is 0 Å². The molecule has 1 amide bonds. The molecule has 0 atom stereocenters. The van der Waals surface area contributed by atoms with Gasteiger partial charge >= 0.3 is 0 Å². The van der Waals surface area contributed by atoms with E-state index in [1.165, 1.54) is 12.1 Å². The predicted octanol–water partition coefficient (Wildman–Crippen LogP) is 2.90. The molecule has 2 heterocycles. The smallest absolute Gasteiger partial charge is 0.222 e. The van der Waals surface area contributed by atoms with Crippen LogP contribution in [0.4, 0.5) is 0 Å². The minimum Gasteiger partial charge on any atom is -0.346 e. The highest BCUT2D eigenvalue weighted by molar-refractivity contribution is 5.76. The average molecular weight is 291 g/mol. The Morgan fingerprint density at radius 3 is 2.48 bits per heavy atom. The van der Waals surface area contributed by atoms with E-state index in [0.29, 0.717) is 11.8 Å². The minimum atomic E-state index is 0.302. The van der Waals surface area contributed by atoms with Gasteiger partial charge in [0, 0.05) is 32.3 Å². The number of piperidine rings is 1. The second-order valence-corrected chi connectivity index (χ2v) is 6.22. The number of pyridine rings is 1. The van der Waals surface area contributed by atoms with Crippen molar-refractivity contribution in [1.82, 2.24) is 14.8 Å². The lowest BCUT2D eigenvalue weighted by atomic mass is 10.1.